The first-order valence-electron chi connectivity index (χ1n) is 16.2. The smallest absolute Gasteiger partial charge is 0.265 e. The summed E-state index contributed by atoms with van der Waals surface area (Å²) in [6.45, 7) is 13.2. The van der Waals surface area contributed by atoms with E-state index in [1.165, 1.54) is 65.3 Å². The highest BCUT2D eigenvalue weighted by Gasteiger charge is 2.23. The van der Waals surface area contributed by atoms with Crippen molar-refractivity contribution in [2.24, 2.45) is 0 Å². The van der Waals surface area contributed by atoms with Crippen molar-refractivity contribution >= 4 is 11.4 Å². The van der Waals surface area contributed by atoms with E-state index >= 15 is 0 Å². The second kappa shape index (κ2) is 14.1. The zero-order valence-electron chi connectivity index (χ0n) is 27.0. The Morgan fingerprint density at radius 3 is 2.52 bits per heavy atom. The monoisotopic (exact) mass is 587 g/mol. The van der Waals surface area contributed by atoms with Gasteiger partial charge in [-0.05, 0) is 106 Å². The number of carbonyl (C=O) groups is 1. The van der Waals surface area contributed by atoms with Crippen LogP contribution in [0.3, 0.4) is 0 Å². The van der Waals surface area contributed by atoms with Gasteiger partial charge in [0.15, 0.2) is 5.82 Å². The summed E-state index contributed by atoms with van der Waals surface area (Å²) >= 11 is 0. The van der Waals surface area contributed by atoms with E-state index in [9.17, 15) is 10.1 Å². The van der Waals surface area contributed by atoms with E-state index in [2.05, 4.69) is 68.1 Å². The highest BCUT2D eigenvalue weighted by atomic mass is 16.1. The average Bonchev–Trinajstić information content (AvgIpc) is 3.70. The number of nitriles is 1. The number of hydrogen-bond acceptors (Lipinski definition) is 5. The molecule has 0 amide bonds. The molecule has 0 bridgehead atoms. The summed E-state index contributed by atoms with van der Waals surface area (Å²) < 4.78 is 1.69. The number of pyridine rings is 1. The molecule has 6 nitrogen and oxygen atoms in total. The van der Waals surface area contributed by atoms with Crippen LogP contribution in [-0.4, -0.2) is 38.0 Å². The van der Waals surface area contributed by atoms with Crippen LogP contribution in [0.2, 0.25) is 0 Å². The molecule has 2 aromatic heterocycles. The molecule has 1 fully saturated rings. The summed E-state index contributed by atoms with van der Waals surface area (Å²) in [4.78, 5) is 19.9. The van der Waals surface area contributed by atoms with Gasteiger partial charge in [0.25, 0.3) is 5.78 Å². The van der Waals surface area contributed by atoms with Gasteiger partial charge in [-0.2, -0.15) is 10.4 Å². The van der Waals surface area contributed by atoms with Crippen molar-refractivity contribution in [1.29, 1.82) is 5.26 Å². The molecule has 0 atom stereocenters. The van der Waals surface area contributed by atoms with E-state index in [-0.39, 0.29) is 0 Å². The lowest BCUT2D eigenvalue weighted by atomic mass is 9.89. The van der Waals surface area contributed by atoms with E-state index in [1.54, 1.807) is 10.8 Å². The Hall–Kier alpha value is -4.08. The number of aromatic nitrogens is 3. The fraction of sp³-hybridized carbons (Fsp3) is 0.421. The van der Waals surface area contributed by atoms with Gasteiger partial charge in [-0.3, -0.25) is 9.69 Å². The molecule has 0 spiro atoms. The normalized spacial score (nSPS) is 15.5. The zero-order chi connectivity index (χ0) is 31.2. The Kier molecular flexibility index (Phi) is 10.1. The number of ketones is 1. The van der Waals surface area contributed by atoms with Crippen molar-refractivity contribution in [2.75, 3.05) is 6.54 Å². The SMILES string of the molecule is CCc1c(C(=O)C#N)cnn1-c1cccc(C2=CC=CCC(C)=C2CCc2ccc(CN(CC)C3CCCC3)c(C)c2C)n1. The van der Waals surface area contributed by atoms with Gasteiger partial charge < -0.3 is 0 Å². The number of Topliss-reactive ketones (excluding diaryl/α,β-unsaturated/α-hetero) is 1. The van der Waals surface area contributed by atoms with Gasteiger partial charge in [-0.1, -0.05) is 68.7 Å². The summed E-state index contributed by atoms with van der Waals surface area (Å²) in [7, 11) is 0. The van der Waals surface area contributed by atoms with E-state index in [0.717, 1.165) is 49.7 Å². The Balaban J connectivity index is 1.39. The standard InChI is InChI=1S/C38H45N5O/c1-6-36-34(37(44)23-39)24-40-43(36)38-18-12-17-35(41-38)33-16-11-8-13-26(3)32(33)22-21-29-19-20-30(28(5)27(29)4)25-42(7-2)31-14-9-10-15-31/h8,11-12,16-20,24,31H,6-7,9-10,13-15,21-22,25H2,1-5H3. The maximum absolute atomic E-state index is 12.2. The molecule has 2 aliphatic carbocycles. The third-order valence-corrected chi connectivity index (χ3v) is 9.72. The quantitative estimate of drug-likeness (QED) is 0.167. The second-order valence-electron chi connectivity index (χ2n) is 12.2. The molecular weight excluding hydrogens is 542 g/mol. The van der Waals surface area contributed by atoms with Crippen molar-refractivity contribution in [3.8, 4) is 11.9 Å². The molecule has 2 heterocycles. The van der Waals surface area contributed by atoms with E-state index < -0.39 is 5.78 Å². The van der Waals surface area contributed by atoms with Crippen molar-refractivity contribution in [1.82, 2.24) is 19.7 Å². The topological polar surface area (TPSA) is 74.8 Å². The fourth-order valence-corrected chi connectivity index (χ4v) is 6.93. The Bertz CT molecular complexity index is 1660. The van der Waals surface area contributed by atoms with Crippen LogP contribution in [0.4, 0.5) is 0 Å². The van der Waals surface area contributed by atoms with Gasteiger partial charge in [0.1, 0.15) is 6.07 Å². The van der Waals surface area contributed by atoms with Crippen LogP contribution in [-0.2, 0) is 19.4 Å². The average molecular weight is 588 g/mol. The van der Waals surface area contributed by atoms with Crippen LogP contribution in [0.1, 0.15) is 103 Å². The van der Waals surface area contributed by atoms with Crippen molar-refractivity contribution in [2.45, 2.75) is 98.6 Å². The number of allylic oxidation sites excluding steroid dienone is 6. The van der Waals surface area contributed by atoms with E-state index in [1.807, 2.05) is 25.1 Å². The van der Waals surface area contributed by atoms with Gasteiger partial charge in [0.05, 0.1) is 23.1 Å². The summed E-state index contributed by atoms with van der Waals surface area (Å²) in [5, 5.41) is 13.6. The minimum Gasteiger partial charge on any atom is -0.296 e. The molecule has 44 heavy (non-hydrogen) atoms. The highest BCUT2D eigenvalue weighted by molar-refractivity contribution is 6.08. The molecule has 0 aliphatic heterocycles. The third-order valence-electron chi connectivity index (χ3n) is 9.72. The summed E-state index contributed by atoms with van der Waals surface area (Å²) in [6.07, 6.45) is 16.8. The first-order valence-corrected chi connectivity index (χ1v) is 16.2. The first-order chi connectivity index (χ1) is 21.4. The van der Waals surface area contributed by atoms with Gasteiger partial charge in [0.2, 0.25) is 0 Å². The maximum atomic E-state index is 12.2. The van der Waals surface area contributed by atoms with Crippen LogP contribution >= 0.6 is 0 Å². The number of hydrogen-bond donors (Lipinski definition) is 0. The van der Waals surface area contributed by atoms with Crippen molar-refractivity contribution in [3.63, 3.8) is 0 Å². The predicted molar refractivity (Wildman–Crippen MR) is 178 cm³/mol. The predicted octanol–water partition coefficient (Wildman–Crippen LogP) is 8.21. The number of rotatable bonds is 11. The molecule has 0 radical (unpaired) electrons. The van der Waals surface area contributed by atoms with Gasteiger partial charge in [-0.25, -0.2) is 9.67 Å². The van der Waals surface area contributed by atoms with Crippen molar-refractivity contribution < 1.29 is 4.79 Å². The third kappa shape index (κ3) is 6.54. The molecule has 0 saturated heterocycles. The molecule has 3 aromatic rings. The van der Waals surface area contributed by atoms with E-state index in [4.69, 9.17) is 4.98 Å². The Morgan fingerprint density at radius 2 is 1.80 bits per heavy atom. The molecule has 228 valence electrons. The van der Waals surface area contributed by atoms with Crippen LogP contribution in [0.15, 0.2) is 65.9 Å². The largest absolute Gasteiger partial charge is 0.296 e. The number of benzene rings is 1. The van der Waals surface area contributed by atoms with Crippen LogP contribution < -0.4 is 0 Å². The van der Waals surface area contributed by atoms with Crippen LogP contribution in [0.25, 0.3) is 11.4 Å². The molecule has 2 aliphatic rings. The Labute approximate surface area is 262 Å². The maximum Gasteiger partial charge on any atom is 0.265 e. The molecule has 5 rings (SSSR count). The lowest BCUT2D eigenvalue weighted by Gasteiger charge is -2.28. The second-order valence-corrected chi connectivity index (χ2v) is 12.2. The zero-order valence-corrected chi connectivity index (χ0v) is 27.0. The molecule has 1 saturated carbocycles. The summed E-state index contributed by atoms with van der Waals surface area (Å²) in [5.74, 6) is 0.0695. The van der Waals surface area contributed by atoms with Crippen LogP contribution in [0, 0.1) is 25.2 Å². The van der Waals surface area contributed by atoms with Gasteiger partial charge in [0, 0.05) is 18.2 Å². The minimum absolute atomic E-state index is 0.341. The molecule has 6 heteroatoms. The first kappa shape index (κ1) is 31.3. The molecule has 0 N–H and O–H groups in total. The van der Waals surface area contributed by atoms with Gasteiger partial charge in [-0.15, -0.1) is 0 Å². The van der Waals surface area contributed by atoms with Crippen LogP contribution in [0.5, 0.6) is 0 Å². The van der Waals surface area contributed by atoms with Gasteiger partial charge >= 0.3 is 0 Å². The Morgan fingerprint density at radius 1 is 1.05 bits per heavy atom. The van der Waals surface area contributed by atoms with Crippen molar-refractivity contribution in [3.05, 3.63) is 105 Å². The number of carbonyl (C=O) groups excluding carboxylic acids is 1. The van der Waals surface area contributed by atoms with E-state index in [0.29, 0.717) is 23.5 Å². The minimum atomic E-state index is -0.572. The highest BCUT2D eigenvalue weighted by Crippen LogP contribution is 2.34. The summed E-state index contributed by atoms with van der Waals surface area (Å²) in [6, 6.07) is 13.1. The number of nitrogens with zero attached hydrogens (tertiary/aromatic N) is 5. The summed E-state index contributed by atoms with van der Waals surface area (Å²) in [5.41, 5.74) is 11.4. The molecular formula is C38H45N5O. The molecule has 0 unspecified atom stereocenters. The number of aryl methyl sites for hydroxylation is 1. The lowest BCUT2D eigenvalue weighted by Crippen LogP contribution is -2.32. The lowest BCUT2D eigenvalue weighted by molar-refractivity contribution is 0.105. The fourth-order valence-electron chi connectivity index (χ4n) is 6.93. The molecule has 1 aromatic carbocycles.